The molecule has 0 atom stereocenters. The van der Waals surface area contributed by atoms with Gasteiger partial charge >= 0.3 is 0 Å². The third kappa shape index (κ3) is 3.60. The van der Waals surface area contributed by atoms with Crippen LogP contribution in [-0.4, -0.2) is 44.6 Å². The number of imidazole rings is 2. The van der Waals surface area contributed by atoms with Crippen molar-refractivity contribution in [3.63, 3.8) is 0 Å². The van der Waals surface area contributed by atoms with Gasteiger partial charge in [-0.1, -0.05) is 0 Å². The zero-order chi connectivity index (χ0) is 20.7. The van der Waals surface area contributed by atoms with E-state index in [1.807, 2.05) is 6.33 Å². The third-order valence-corrected chi connectivity index (χ3v) is 6.59. The van der Waals surface area contributed by atoms with Gasteiger partial charge in [-0.3, -0.25) is 0 Å². The third-order valence-electron chi connectivity index (χ3n) is 6.59. The van der Waals surface area contributed by atoms with Crippen LogP contribution in [0.3, 0.4) is 0 Å². The number of hydrogen-bond acceptors (Lipinski definition) is 3. The number of benzene rings is 2. The first-order chi connectivity index (χ1) is 14.6. The van der Waals surface area contributed by atoms with Gasteiger partial charge in [-0.15, -0.1) is 0 Å². The lowest BCUT2D eigenvalue weighted by molar-refractivity contribution is 0.209. The van der Waals surface area contributed by atoms with Crippen molar-refractivity contribution in [2.24, 2.45) is 5.92 Å². The van der Waals surface area contributed by atoms with Crippen LogP contribution in [0.2, 0.25) is 0 Å². The Hall–Kier alpha value is -2.73. The molecule has 0 spiro atoms. The van der Waals surface area contributed by atoms with Crippen LogP contribution in [0.25, 0.3) is 33.5 Å². The van der Waals surface area contributed by atoms with E-state index in [2.05, 4.69) is 49.7 Å². The Balaban J connectivity index is 1.32. The molecule has 0 unspecified atom stereocenters. The van der Waals surface area contributed by atoms with Crippen molar-refractivity contribution >= 4 is 22.1 Å². The molecule has 0 saturated carbocycles. The minimum atomic E-state index is -0.227. The highest BCUT2D eigenvalue weighted by atomic mass is 19.1. The second kappa shape index (κ2) is 7.84. The average molecular weight is 406 g/mol. The first kappa shape index (κ1) is 19.2. The van der Waals surface area contributed by atoms with Gasteiger partial charge in [0.15, 0.2) is 0 Å². The highest BCUT2D eigenvalue weighted by Crippen LogP contribution is 2.27. The summed E-state index contributed by atoms with van der Waals surface area (Å²) in [6.07, 6.45) is 7.08. The summed E-state index contributed by atoms with van der Waals surface area (Å²) in [6, 6.07) is 9.47. The Morgan fingerprint density at radius 2 is 2.00 bits per heavy atom. The first-order valence-corrected chi connectivity index (χ1v) is 10.9. The quantitative estimate of drug-likeness (QED) is 0.500. The molecule has 2 aromatic carbocycles. The molecule has 30 heavy (non-hydrogen) atoms. The molecule has 6 heteroatoms. The van der Waals surface area contributed by atoms with Crippen molar-refractivity contribution in [1.82, 2.24) is 24.4 Å². The Morgan fingerprint density at radius 3 is 2.83 bits per heavy atom. The van der Waals surface area contributed by atoms with Crippen LogP contribution >= 0.6 is 0 Å². The lowest BCUT2D eigenvalue weighted by Gasteiger charge is -2.28. The minimum Gasteiger partial charge on any atom is -0.338 e. The molecule has 1 aliphatic rings. The van der Waals surface area contributed by atoms with E-state index in [-0.39, 0.29) is 5.82 Å². The van der Waals surface area contributed by atoms with Crippen LogP contribution in [0.1, 0.15) is 31.2 Å². The van der Waals surface area contributed by atoms with Gasteiger partial charge in [-0.05, 0) is 89.0 Å². The normalized spacial score (nSPS) is 16.1. The number of likely N-dealkylation sites (tertiary alicyclic amines) is 1. The summed E-state index contributed by atoms with van der Waals surface area (Å²) in [5, 5.41) is 0. The number of halogens is 1. The predicted molar refractivity (Wildman–Crippen MR) is 119 cm³/mol. The topological polar surface area (TPSA) is 49.7 Å². The molecule has 1 fully saturated rings. The van der Waals surface area contributed by atoms with Crippen molar-refractivity contribution in [2.45, 2.75) is 39.2 Å². The summed E-state index contributed by atoms with van der Waals surface area (Å²) in [4.78, 5) is 15.0. The van der Waals surface area contributed by atoms with Crippen LogP contribution in [0.4, 0.5) is 4.39 Å². The summed E-state index contributed by atoms with van der Waals surface area (Å²) in [5.74, 6) is 1.39. The molecule has 2 aromatic heterocycles. The summed E-state index contributed by atoms with van der Waals surface area (Å²) >= 11 is 0. The number of rotatable bonds is 5. The van der Waals surface area contributed by atoms with E-state index >= 15 is 0 Å². The summed E-state index contributed by atoms with van der Waals surface area (Å²) < 4.78 is 16.1. The summed E-state index contributed by atoms with van der Waals surface area (Å²) in [7, 11) is 2.22. The monoisotopic (exact) mass is 405 g/mol. The van der Waals surface area contributed by atoms with E-state index in [9.17, 15) is 4.39 Å². The van der Waals surface area contributed by atoms with E-state index < -0.39 is 0 Å². The van der Waals surface area contributed by atoms with Gasteiger partial charge in [0.25, 0.3) is 0 Å². The zero-order valence-corrected chi connectivity index (χ0v) is 17.7. The van der Waals surface area contributed by atoms with Gasteiger partial charge in [-0.2, -0.15) is 0 Å². The van der Waals surface area contributed by atoms with Gasteiger partial charge in [0.05, 0.1) is 28.4 Å². The molecule has 5 rings (SSSR count). The maximum Gasteiger partial charge on any atom is 0.138 e. The average Bonchev–Trinajstić information content (AvgIpc) is 3.37. The molecule has 3 heterocycles. The maximum absolute atomic E-state index is 13.8. The minimum absolute atomic E-state index is 0.227. The maximum atomic E-state index is 13.8. The van der Waals surface area contributed by atoms with Crippen molar-refractivity contribution in [3.8, 4) is 11.4 Å². The number of H-pyrrole nitrogens is 1. The molecule has 0 radical (unpaired) electrons. The van der Waals surface area contributed by atoms with Crippen LogP contribution in [0.15, 0.2) is 36.7 Å². The Morgan fingerprint density at radius 1 is 1.17 bits per heavy atom. The smallest absolute Gasteiger partial charge is 0.138 e. The number of aryl methyl sites for hydroxylation is 2. The Bertz CT molecular complexity index is 1180. The number of nitrogens with zero attached hydrogens (tertiary/aromatic N) is 4. The highest BCUT2D eigenvalue weighted by molar-refractivity contribution is 5.85. The van der Waals surface area contributed by atoms with Crippen LogP contribution in [-0.2, 0) is 6.54 Å². The highest BCUT2D eigenvalue weighted by Gasteiger charge is 2.16. The number of hydrogen-bond donors (Lipinski definition) is 1. The molecule has 1 N–H and O–H groups in total. The van der Waals surface area contributed by atoms with E-state index in [0.29, 0.717) is 11.1 Å². The largest absolute Gasteiger partial charge is 0.338 e. The second-order valence-corrected chi connectivity index (χ2v) is 8.68. The SMILES string of the molecule is Cc1c(F)ccc2[nH]c(-c3ccc4c(c3)ncn4CCCC3CCN(C)CC3)nc12. The standard InChI is InChI=1S/C24H28FN5/c1-16-19(25)6-7-20-23(16)28-24(27-20)18-5-8-22-21(14-18)26-15-30(22)11-3-4-17-9-12-29(2)13-10-17/h5-8,14-15,17H,3-4,9-13H2,1-2H3,(H,27,28). The molecule has 4 aromatic rings. The fourth-order valence-electron chi connectivity index (χ4n) is 4.61. The van der Waals surface area contributed by atoms with Crippen LogP contribution in [0, 0.1) is 18.7 Å². The number of nitrogens with one attached hydrogen (secondary N) is 1. The molecular weight excluding hydrogens is 377 g/mol. The van der Waals surface area contributed by atoms with Gasteiger partial charge < -0.3 is 14.5 Å². The van der Waals surface area contributed by atoms with Crippen LogP contribution < -0.4 is 0 Å². The van der Waals surface area contributed by atoms with Crippen molar-refractivity contribution in [2.75, 3.05) is 20.1 Å². The zero-order valence-electron chi connectivity index (χ0n) is 17.7. The second-order valence-electron chi connectivity index (χ2n) is 8.68. The molecule has 5 nitrogen and oxygen atoms in total. The van der Waals surface area contributed by atoms with Crippen molar-refractivity contribution in [3.05, 3.63) is 48.0 Å². The van der Waals surface area contributed by atoms with E-state index in [1.165, 1.54) is 44.8 Å². The van der Waals surface area contributed by atoms with E-state index in [1.54, 1.807) is 13.0 Å². The van der Waals surface area contributed by atoms with Gasteiger partial charge in [-0.25, -0.2) is 14.4 Å². The Kier molecular flexibility index (Phi) is 5.03. The van der Waals surface area contributed by atoms with Gasteiger partial charge in [0.1, 0.15) is 11.6 Å². The first-order valence-electron chi connectivity index (χ1n) is 10.9. The van der Waals surface area contributed by atoms with Gasteiger partial charge in [0.2, 0.25) is 0 Å². The lowest BCUT2D eigenvalue weighted by Crippen LogP contribution is -2.30. The molecule has 0 amide bonds. The van der Waals surface area contributed by atoms with Crippen molar-refractivity contribution in [1.29, 1.82) is 0 Å². The lowest BCUT2D eigenvalue weighted by atomic mass is 9.92. The summed E-state index contributed by atoms with van der Waals surface area (Å²) in [6.45, 7) is 5.23. The van der Waals surface area contributed by atoms with E-state index in [4.69, 9.17) is 0 Å². The Labute approximate surface area is 175 Å². The number of aromatic amines is 1. The van der Waals surface area contributed by atoms with Gasteiger partial charge in [0, 0.05) is 17.7 Å². The molecular formula is C24H28FN5. The van der Waals surface area contributed by atoms with Crippen molar-refractivity contribution < 1.29 is 4.39 Å². The molecule has 156 valence electrons. The molecule has 1 aliphatic heterocycles. The predicted octanol–water partition coefficient (Wildman–Crippen LogP) is 5.15. The molecule has 0 aliphatic carbocycles. The molecule has 0 bridgehead atoms. The molecule has 1 saturated heterocycles. The van der Waals surface area contributed by atoms with E-state index in [0.717, 1.165) is 40.4 Å². The number of aromatic nitrogens is 4. The fraction of sp³-hybridized carbons (Fsp3) is 0.417. The number of piperidine rings is 1. The summed E-state index contributed by atoms with van der Waals surface area (Å²) in [5.41, 5.74) is 5.20. The number of fused-ring (bicyclic) bond motifs is 2. The van der Waals surface area contributed by atoms with Crippen LogP contribution in [0.5, 0.6) is 0 Å². The fourth-order valence-corrected chi connectivity index (χ4v) is 4.61.